The van der Waals surface area contributed by atoms with Gasteiger partial charge < -0.3 is 19.5 Å². The van der Waals surface area contributed by atoms with Gasteiger partial charge in [-0.3, -0.25) is 9.59 Å². The normalized spacial score (nSPS) is 34.7. The fourth-order valence-electron chi connectivity index (χ4n) is 3.16. The smallest absolute Gasteiger partial charge is 0.307 e. The van der Waals surface area contributed by atoms with E-state index in [0.717, 1.165) is 6.42 Å². The van der Waals surface area contributed by atoms with Crippen LogP contribution in [0.1, 0.15) is 19.3 Å². The molecule has 6 nitrogen and oxygen atoms in total. The SMILES string of the molecule is COC1CN(C(=O)[C@@H]2CCC[C@@H]2C(=O)O)CC1OC. The van der Waals surface area contributed by atoms with Gasteiger partial charge in [-0.15, -0.1) is 0 Å². The van der Waals surface area contributed by atoms with E-state index in [1.165, 1.54) is 0 Å². The lowest BCUT2D eigenvalue weighted by Gasteiger charge is -2.22. The topological polar surface area (TPSA) is 76.1 Å². The quantitative estimate of drug-likeness (QED) is 0.799. The van der Waals surface area contributed by atoms with Crippen molar-refractivity contribution in [2.75, 3.05) is 27.3 Å². The first kappa shape index (κ1) is 14.3. The third-order valence-electron chi connectivity index (χ3n) is 4.28. The monoisotopic (exact) mass is 271 g/mol. The van der Waals surface area contributed by atoms with Crippen molar-refractivity contribution in [1.29, 1.82) is 0 Å². The number of rotatable bonds is 4. The lowest BCUT2D eigenvalue weighted by Crippen LogP contribution is -2.38. The van der Waals surface area contributed by atoms with Crippen LogP contribution in [-0.4, -0.2) is 61.4 Å². The molecule has 0 aromatic carbocycles. The summed E-state index contributed by atoms with van der Waals surface area (Å²) in [4.78, 5) is 25.3. The summed E-state index contributed by atoms with van der Waals surface area (Å²) in [5.41, 5.74) is 0. The van der Waals surface area contributed by atoms with Gasteiger partial charge >= 0.3 is 5.97 Å². The summed E-state index contributed by atoms with van der Waals surface area (Å²) >= 11 is 0. The van der Waals surface area contributed by atoms with Crippen LogP contribution in [0.25, 0.3) is 0 Å². The molecule has 2 fully saturated rings. The van der Waals surface area contributed by atoms with Crippen LogP contribution in [0.4, 0.5) is 0 Å². The van der Waals surface area contributed by atoms with E-state index in [9.17, 15) is 9.59 Å². The molecule has 0 aromatic rings. The lowest BCUT2D eigenvalue weighted by atomic mass is 9.95. The molecular formula is C13H21NO5. The zero-order chi connectivity index (χ0) is 14.0. The molecule has 6 heteroatoms. The van der Waals surface area contributed by atoms with E-state index in [4.69, 9.17) is 14.6 Å². The fraction of sp³-hybridized carbons (Fsp3) is 0.846. The number of hydrogen-bond acceptors (Lipinski definition) is 4. The average molecular weight is 271 g/mol. The van der Waals surface area contributed by atoms with Crippen molar-refractivity contribution in [2.24, 2.45) is 11.8 Å². The third kappa shape index (κ3) is 2.74. The lowest BCUT2D eigenvalue weighted by molar-refractivity contribution is -0.148. The second-order valence-electron chi connectivity index (χ2n) is 5.27. The molecule has 108 valence electrons. The molecular weight excluding hydrogens is 250 g/mol. The number of carboxylic acids is 1. The molecule has 0 radical (unpaired) electrons. The van der Waals surface area contributed by atoms with Gasteiger partial charge in [0.05, 0.1) is 11.8 Å². The van der Waals surface area contributed by atoms with Gasteiger partial charge in [-0.25, -0.2) is 0 Å². The second kappa shape index (κ2) is 5.88. The predicted molar refractivity (Wildman–Crippen MR) is 66.6 cm³/mol. The number of aliphatic carboxylic acids is 1. The molecule has 1 saturated heterocycles. The standard InChI is InChI=1S/C13H21NO5/c1-18-10-6-14(7-11(10)19-2)12(15)8-4-3-5-9(8)13(16)17/h8-11H,3-7H2,1-2H3,(H,16,17)/t8-,9+,10?,11?/m1/s1. The first-order valence-electron chi connectivity index (χ1n) is 6.65. The Morgan fingerprint density at radius 2 is 1.58 bits per heavy atom. The van der Waals surface area contributed by atoms with Crippen LogP contribution >= 0.6 is 0 Å². The Hall–Kier alpha value is -1.14. The van der Waals surface area contributed by atoms with E-state index in [0.29, 0.717) is 25.9 Å². The van der Waals surface area contributed by atoms with Crippen LogP contribution in [0.3, 0.4) is 0 Å². The number of carbonyl (C=O) groups is 2. The molecule has 1 saturated carbocycles. The van der Waals surface area contributed by atoms with Crippen LogP contribution in [0.5, 0.6) is 0 Å². The minimum atomic E-state index is -0.860. The number of hydrogen-bond donors (Lipinski definition) is 1. The first-order chi connectivity index (χ1) is 9.08. The minimum absolute atomic E-state index is 0.0634. The van der Waals surface area contributed by atoms with Crippen molar-refractivity contribution in [3.63, 3.8) is 0 Å². The molecule has 1 aliphatic carbocycles. The molecule has 2 unspecified atom stereocenters. The van der Waals surface area contributed by atoms with E-state index in [1.807, 2.05) is 0 Å². The van der Waals surface area contributed by atoms with Crippen molar-refractivity contribution >= 4 is 11.9 Å². The van der Waals surface area contributed by atoms with Crippen molar-refractivity contribution in [2.45, 2.75) is 31.5 Å². The summed E-state index contributed by atoms with van der Waals surface area (Å²) in [6, 6.07) is 0. The van der Waals surface area contributed by atoms with Gasteiger partial charge in [0.2, 0.25) is 5.91 Å². The van der Waals surface area contributed by atoms with Crippen molar-refractivity contribution in [1.82, 2.24) is 4.90 Å². The molecule has 2 rings (SSSR count). The molecule has 0 aromatic heterocycles. The highest BCUT2D eigenvalue weighted by Crippen LogP contribution is 2.34. The van der Waals surface area contributed by atoms with Crippen LogP contribution in [-0.2, 0) is 19.1 Å². The highest BCUT2D eigenvalue weighted by Gasteiger charge is 2.43. The van der Waals surface area contributed by atoms with Gasteiger partial charge in [-0.1, -0.05) is 6.42 Å². The Bertz CT molecular complexity index is 347. The Morgan fingerprint density at radius 3 is 2.05 bits per heavy atom. The average Bonchev–Trinajstić information content (AvgIpc) is 3.03. The van der Waals surface area contributed by atoms with Crippen LogP contribution in [0.2, 0.25) is 0 Å². The largest absolute Gasteiger partial charge is 0.481 e. The second-order valence-corrected chi connectivity index (χ2v) is 5.27. The molecule has 19 heavy (non-hydrogen) atoms. The molecule has 1 N–H and O–H groups in total. The maximum Gasteiger partial charge on any atom is 0.307 e. The molecule has 4 atom stereocenters. The Balaban J connectivity index is 2.02. The Labute approximate surface area is 112 Å². The van der Waals surface area contributed by atoms with Gasteiger partial charge in [0.15, 0.2) is 0 Å². The van der Waals surface area contributed by atoms with Gasteiger partial charge in [-0.05, 0) is 12.8 Å². The number of amides is 1. The van der Waals surface area contributed by atoms with Gasteiger partial charge in [0.25, 0.3) is 0 Å². The number of methoxy groups -OCH3 is 2. The van der Waals surface area contributed by atoms with Crippen molar-refractivity contribution in [3.05, 3.63) is 0 Å². The fourth-order valence-corrected chi connectivity index (χ4v) is 3.16. The van der Waals surface area contributed by atoms with Crippen molar-refractivity contribution in [3.8, 4) is 0 Å². The molecule has 1 heterocycles. The van der Waals surface area contributed by atoms with Gasteiger partial charge in [0, 0.05) is 27.3 Å². The molecule has 1 amide bonds. The number of likely N-dealkylation sites (tertiary alicyclic amines) is 1. The van der Waals surface area contributed by atoms with Crippen LogP contribution in [0.15, 0.2) is 0 Å². The molecule has 0 bridgehead atoms. The van der Waals surface area contributed by atoms with Crippen molar-refractivity contribution < 1.29 is 24.2 Å². The van der Waals surface area contributed by atoms with E-state index in [2.05, 4.69) is 0 Å². The first-order valence-corrected chi connectivity index (χ1v) is 6.65. The Morgan fingerprint density at radius 1 is 1.05 bits per heavy atom. The molecule has 1 aliphatic heterocycles. The predicted octanol–water partition coefficient (Wildman–Crippen LogP) is 0.360. The molecule has 0 spiro atoms. The van der Waals surface area contributed by atoms with E-state index in [-0.39, 0.29) is 24.0 Å². The molecule has 2 aliphatic rings. The van der Waals surface area contributed by atoms with Crippen LogP contribution in [0, 0.1) is 11.8 Å². The summed E-state index contributed by atoms with van der Waals surface area (Å²) in [7, 11) is 3.20. The zero-order valence-electron chi connectivity index (χ0n) is 11.4. The van der Waals surface area contributed by atoms with Gasteiger partial charge in [0.1, 0.15) is 12.2 Å². The van der Waals surface area contributed by atoms with E-state index < -0.39 is 11.9 Å². The van der Waals surface area contributed by atoms with Gasteiger partial charge in [-0.2, -0.15) is 0 Å². The maximum atomic E-state index is 12.4. The maximum absolute atomic E-state index is 12.4. The highest BCUT2D eigenvalue weighted by molar-refractivity contribution is 5.85. The highest BCUT2D eigenvalue weighted by atomic mass is 16.5. The van der Waals surface area contributed by atoms with Crippen LogP contribution < -0.4 is 0 Å². The number of carboxylic acid groups (broad SMARTS) is 1. The minimum Gasteiger partial charge on any atom is -0.481 e. The summed E-state index contributed by atoms with van der Waals surface area (Å²) in [5, 5.41) is 9.15. The van der Waals surface area contributed by atoms with E-state index in [1.54, 1.807) is 19.1 Å². The van der Waals surface area contributed by atoms with E-state index >= 15 is 0 Å². The zero-order valence-corrected chi connectivity index (χ0v) is 11.4. The summed E-state index contributed by atoms with van der Waals surface area (Å²) in [6.07, 6.45) is 1.82. The summed E-state index contributed by atoms with van der Waals surface area (Å²) in [5.74, 6) is -1.84. The number of nitrogens with zero attached hydrogens (tertiary/aromatic N) is 1. The number of ether oxygens (including phenoxy) is 2. The number of carbonyl (C=O) groups excluding carboxylic acids is 1. The summed E-state index contributed by atoms with van der Waals surface area (Å²) in [6.45, 7) is 0.966. The third-order valence-corrected chi connectivity index (χ3v) is 4.28. The Kier molecular flexibility index (Phi) is 4.42. The summed E-state index contributed by atoms with van der Waals surface area (Å²) < 4.78 is 10.6.